The van der Waals surface area contributed by atoms with E-state index in [2.05, 4.69) is 5.32 Å². The summed E-state index contributed by atoms with van der Waals surface area (Å²) in [5.41, 5.74) is -0.282. The second kappa shape index (κ2) is 6.31. The summed E-state index contributed by atoms with van der Waals surface area (Å²) in [6.45, 7) is 5.53. The van der Waals surface area contributed by atoms with Crippen LogP contribution in [0.4, 0.5) is 0 Å². The summed E-state index contributed by atoms with van der Waals surface area (Å²) >= 11 is 1.50. The quantitative estimate of drug-likeness (QED) is 0.734. The lowest BCUT2D eigenvalue weighted by Crippen LogP contribution is -2.39. The molecule has 0 saturated carbocycles. The van der Waals surface area contributed by atoms with E-state index in [4.69, 9.17) is 0 Å². The minimum atomic E-state index is -1.07. The Morgan fingerprint density at radius 2 is 2.22 bits per heavy atom. The van der Waals surface area contributed by atoms with Gasteiger partial charge in [0.1, 0.15) is 5.60 Å². The molecule has 0 aromatic carbocycles. The SMILES string of the molecule is CC(C)C(O)CC(=O)NCC(C)(O)c1ccsc1. The highest BCUT2D eigenvalue weighted by Gasteiger charge is 2.24. The Labute approximate surface area is 112 Å². The van der Waals surface area contributed by atoms with Crippen LogP contribution in [-0.4, -0.2) is 28.8 Å². The summed E-state index contributed by atoms with van der Waals surface area (Å²) in [5, 5.41) is 26.2. The molecule has 1 rings (SSSR count). The number of aliphatic hydroxyl groups excluding tert-OH is 1. The largest absolute Gasteiger partial charge is 0.392 e. The number of nitrogens with one attached hydrogen (secondary N) is 1. The maximum absolute atomic E-state index is 11.6. The Kier molecular flexibility index (Phi) is 5.31. The van der Waals surface area contributed by atoms with Gasteiger partial charge in [0.05, 0.1) is 19.1 Å². The fourth-order valence-electron chi connectivity index (χ4n) is 1.44. The normalized spacial score (nSPS) is 16.3. The van der Waals surface area contributed by atoms with Crippen LogP contribution in [0.1, 0.15) is 32.8 Å². The van der Waals surface area contributed by atoms with Crippen LogP contribution in [0, 0.1) is 5.92 Å². The van der Waals surface area contributed by atoms with Crippen molar-refractivity contribution in [2.75, 3.05) is 6.54 Å². The van der Waals surface area contributed by atoms with E-state index in [0.717, 1.165) is 5.56 Å². The summed E-state index contributed by atoms with van der Waals surface area (Å²) in [6.07, 6.45) is -0.576. The van der Waals surface area contributed by atoms with E-state index in [1.807, 2.05) is 30.7 Å². The van der Waals surface area contributed by atoms with Crippen LogP contribution in [0.5, 0.6) is 0 Å². The van der Waals surface area contributed by atoms with E-state index in [1.165, 1.54) is 11.3 Å². The van der Waals surface area contributed by atoms with E-state index >= 15 is 0 Å². The van der Waals surface area contributed by atoms with Gasteiger partial charge in [0.15, 0.2) is 0 Å². The average Bonchev–Trinajstić information content (AvgIpc) is 2.80. The first-order valence-corrected chi connectivity index (χ1v) is 6.97. The molecule has 2 unspecified atom stereocenters. The fourth-order valence-corrected chi connectivity index (χ4v) is 2.22. The van der Waals surface area contributed by atoms with Crippen LogP contribution >= 0.6 is 11.3 Å². The zero-order valence-electron chi connectivity index (χ0n) is 11.0. The number of thiophene rings is 1. The molecule has 1 aromatic rings. The molecule has 1 heterocycles. The highest BCUT2D eigenvalue weighted by atomic mass is 32.1. The first-order valence-electron chi connectivity index (χ1n) is 6.02. The van der Waals surface area contributed by atoms with Crippen molar-refractivity contribution in [2.24, 2.45) is 5.92 Å². The summed E-state index contributed by atoms with van der Waals surface area (Å²) in [6, 6.07) is 1.83. The second-order valence-corrected chi connectivity index (χ2v) is 5.86. The molecule has 3 N–H and O–H groups in total. The number of carbonyl (C=O) groups excluding carboxylic acids is 1. The van der Waals surface area contributed by atoms with Crippen molar-refractivity contribution in [2.45, 2.75) is 38.9 Å². The minimum absolute atomic E-state index is 0.0492. The van der Waals surface area contributed by atoms with Crippen LogP contribution in [-0.2, 0) is 10.4 Å². The van der Waals surface area contributed by atoms with Gasteiger partial charge < -0.3 is 15.5 Å². The molecule has 0 aliphatic heterocycles. The van der Waals surface area contributed by atoms with Gasteiger partial charge in [-0.1, -0.05) is 13.8 Å². The second-order valence-electron chi connectivity index (χ2n) is 5.08. The first kappa shape index (κ1) is 15.1. The van der Waals surface area contributed by atoms with E-state index in [9.17, 15) is 15.0 Å². The Hall–Kier alpha value is -0.910. The van der Waals surface area contributed by atoms with Crippen molar-refractivity contribution in [3.63, 3.8) is 0 Å². The van der Waals surface area contributed by atoms with Gasteiger partial charge in [-0.05, 0) is 35.2 Å². The van der Waals surface area contributed by atoms with E-state index in [0.29, 0.717) is 0 Å². The van der Waals surface area contributed by atoms with E-state index in [1.54, 1.807) is 6.92 Å². The molecule has 5 heteroatoms. The molecule has 1 amide bonds. The van der Waals surface area contributed by atoms with Gasteiger partial charge >= 0.3 is 0 Å². The zero-order valence-corrected chi connectivity index (χ0v) is 11.8. The Morgan fingerprint density at radius 3 is 2.72 bits per heavy atom. The zero-order chi connectivity index (χ0) is 13.8. The molecular formula is C13H21NO3S. The Balaban J connectivity index is 2.43. The van der Waals surface area contributed by atoms with E-state index < -0.39 is 11.7 Å². The molecule has 1 aromatic heterocycles. The predicted octanol–water partition coefficient (Wildman–Crippen LogP) is 1.48. The molecule has 102 valence electrons. The third kappa shape index (κ3) is 4.40. The van der Waals surface area contributed by atoms with Crippen molar-refractivity contribution in [1.29, 1.82) is 0 Å². The van der Waals surface area contributed by atoms with Crippen LogP contribution in [0.2, 0.25) is 0 Å². The van der Waals surface area contributed by atoms with Crippen molar-refractivity contribution in [3.8, 4) is 0 Å². The van der Waals surface area contributed by atoms with Gasteiger partial charge in [0.2, 0.25) is 5.91 Å². The third-order valence-electron chi connectivity index (χ3n) is 2.94. The predicted molar refractivity (Wildman–Crippen MR) is 72.4 cm³/mol. The molecule has 0 radical (unpaired) electrons. The lowest BCUT2D eigenvalue weighted by molar-refractivity contribution is -0.124. The van der Waals surface area contributed by atoms with Crippen LogP contribution in [0.3, 0.4) is 0 Å². The van der Waals surface area contributed by atoms with Crippen molar-refractivity contribution in [1.82, 2.24) is 5.32 Å². The highest BCUT2D eigenvalue weighted by Crippen LogP contribution is 2.22. The van der Waals surface area contributed by atoms with Gasteiger partial charge in [-0.25, -0.2) is 0 Å². The molecule has 2 atom stereocenters. The third-order valence-corrected chi connectivity index (χ3v) is 3.62. The molecule has 0 aliphatic carbocycles. The van der Waals surface area contributed by atoms with Crippen molar-refractivity contribution in [3.05, 3.63) is 22.4 Å². The lowest BCUT2D eigenvalue weighted by atomic mass is 9.99. The number of hydrogen-bond donors (Lipinski definition) is 3. The van der Waals surface area contributed by atoms with Crippen LogP contribution in [0.25, 0.3) is 0 Å². The number of aliphatic hydroxyl groups is 2. The monoisotopic (exact) mass is 271 g/mol. The maximum Gasteiger partial charge on any atom is 0.222 e. The maximum atomic E-state index is 11.6. The van der Waals surface area contributed by atoms with Crippen LogP contribution in [0.15, 0.2) is 16.8 Å². The minimum Gasteiger partial charge on any atom is -0.392 e. The standard InChI is InChI=1S/C13H21NO3S/c1-9(2)11(15)6-12(16)14-8-13(3,17)10-4-5-18-7-10/h4-5,7,9,11,15,17H,6,8H2,1-3H3,(H,14,16). The van der Waals surface area contributed by atoms with Crippen LogP contribution < -0.4 is 5.32 Å². The number of hydrogen-bond acceptors (Lipinski definition) is 4. The molecule has 0 spiro atoms. The number of carbonyl (C=O) groups is 1. The van der Waals surface area contributed by atoms with Gasteiger partial charge in [0, 0.05) is 0 Å². The van der Waals surface area contributed by atoms with E-state index in [-0.39, 0.29) is 24.8 Å². The number of rotatable bonds is 6. The molecule has 0 saturated heterocycles. The molecular weight excluding hydrogens is 250 g/mol. The van der Waals surface area contributed by atoms with Gasteiger partial charge in [-0.3, -0.25) is 4.79 Å². The Morgan fingerprint density at radius 1 is 1.56 bits per heavy atom. The van der Waals surface area contributed by atoms with Gasteiger partial charge in [-0.15, -0.1) is 0 Å². The van der Waals surface area contributed by atoms with Crippen molar-refractivity contribution < 1.29 is 15.0 Å². The molecule has 4 nitrogen and oxygen atoms in total. The summed E-state index contributed by atoms with van der Waals surface area (Å²) in [4.78, 5) is 11.6. The fraction of sp³-hybridized carbons (Fsp3) is 0.615. The van der Waals surface area contributed by atoms with Gasteiger partial charge in [-0.2, -0.15) is 11.3 Å². The lowest BCUT2D eigenvalue weighted by Gasteiger charge is -2.23. The number of amides is 1. The average molecular weight is 271 g/mol. The first-order chi connectivity index (χ1) is 8.33. The summed E-state index contributed by atoms with van der Waals surface area (Å²) in [5.74, 6) is -0.195. The van der Waals surface area contributed by atoms with Crippen molar-refractivity contribution >= 4 is 17.2 Å². The molecule has 0 bridgehead atoms. The molecule has 0 fully saturated rings. The van der Waals surface area contributed by atoms with Gasteiger partial charge in [0.25, 0.3) is 0 Å². The smallest absolute Gasteiger partial charge is 0.222 e. The summed E-state index contributed by atoms with van der Waals surface area (Å²) < 4.78 is 0. The Bertz CT molecular complexity index is 374. The molecule has 0 aliphatic rings. The topological polar surface area (TPSA) is 69.6 Å². The molecule has 18 heavy (non-hydrogen) atoms. The highest BCUT2D eigenvalue weighted by molar-refractivity contribution is 7.08. The summed E-state index contributed by atoms with van der Waals surface area (Å²) in [7, 11) is 0.